The number of hydrogen-bond acceptors (Lipinski definition) is 2. The largest absolute Gasteiger partial charge is 0.383 e. The van der Waals surface area contributed by atoms with Crippen molar-refractivity contribution >= 4 is 21.7 Å². The molecular formula is C17H22BrN3. The van der Waals surface area contributed by atoms with Crippen LogP contribution in [0, 0.1) is 0 Å². The fraction of sp³-hybridized carbons (Fsp3) is 0.471. The van der Waals surface area contributed by atoms with Gasteiger partial charge in [0.05, 0.1) is 5.69 Å². The third kappa shape index (κ3) is 2.86. The van der Waals surface area contributed by atoms with E-state index in [9.17, 15) is 0 Å². The molecule has 0 aliphatic heterocycles. The summed E-state index contributed by atoms with van der Waals surface area (Å²) < 4.78 is 2.91. The zero-order chi connectivity index (χ0) is 14.8. The van der Waals surface area contributed by atoms with Crippen LogP contribution in [0.15, 0.2) is 28.7 Å². The number of aromatic nitrogens is 2. The second-order valence-electron chi connectivity index (χ2n) is 5.94. The van der Waals surface area contributed by atoms with Gasteiger partial charge in [0.25, 0.3) is 0 Å². The Bertz CT molecular complexity index is 625. The minimum Gasteiger partial charge on any atom is -0.383 e. The molecule has 1 aromatic carbocycles. The van der Waals surface area contributed by atoms with Crippen molar-refractivity contribution in [1.29, 1.82) is 0 Å². The minimum absolute atomic E-state index is 0.540. The van der Waals surface area contributed by atoms with Gasteiger partial charge in [0.2, 0.25) is 0 Å². The number of nitrogen functional groups attached to an aromatic ring is 1. The van der Waals surface area contributed by atoms with E-state index in [2.05, 4.69) is 34.1 Å². The Morgan fingerprint density at radius 2 is 1.81 bits per heavy atom. The van der Waals surface area contributed by atoms with Crippen molar-refractivity contribution in [2.45, 2.75) is 44.4 Å². The van der Waals surface area contributed by atoms with Gasteiger partial charge in [0.1, 0.15) is 5.82 Å². The minimum atomic E-state index is 0.540. The summed E-state index contributed by atoms with van der Waals surface area (Å²) in [6.45, 7) is 0. The van der Waals surface area contributed by atoms with E-state index in [1.807, 2.05) is 17.8 Å². The molecule has 1 aliphatic carbocycles. The highest BCUT2D eigenvalue weighted by Crippen LogP contribution is 2.41. The van der Waals surface area contributed by atoms with Crippen LogP contribution in [0.4, 0.5) is 5.82 Å². The van der Waals surface area contributed by atoms with Crippen LogP contribution in [-0.2, 0) is 7.05 Å². The number of anilines is 1. The van der Waals surface area contributed by atoms with Crippen LogP contribution in [0.1, 0.15) is 50.1 Å². The number of aryl methyl sites for hydroxylation is 1. The molecule has 2 N–H and O–H groups in total. The highest BCUT2D eigenvalue weighted by Gasteiger charge is 2.25. The van der Waals surface area contributed by atoms with Crippen molar-refractivity contribution in [2.24, 2.45) is 7.05 Å². The Hall–Kier alpha value is -1.29. The third-order valence-electron chi connectivity index (χ3n) is 4.50. The van der Waals surface area contributed by atoms with Gasteiger partial charge in [0, 0.05) is 28.6 Å². The van der Waals surface area contributed by atoms with E-state index in [4.69, 9.17) is 10.8 Å². The summed E-state index contributed by atoms with van der Waals surface area (Å²) in [6.07, 6.45) is 7.77. The molecule has 0 bridgehead atoms. The number of nitrogens with zero attached hydrogens (tertiary/aromatic N) is 2. The molecule has 0 spiro atoms. The normalized spacial score (nSPS) is 16.9. The second kappa shape index (κ2) is 6.22. The van der Waals surface area contributed by atoms with Crippen LogP contribution in [-0.4, -0.2) is 9.78 Å². The first-order valence-electron chi connectivity index (χ1n) is 7.75. The topological polar surface area (TPSA) is 43.8 Å². The molecule has 1 aliphatic rings. The van der Waals surface area contributed by atoms with Crippen LogP contribution in [0.25, 0.3) is 11.1 Å². The fourth-order valence-corrected chi connectivity index (χ4v) is 3.82. The molecule has 1 saturated carbocycles. The Labute approximate surface area is 134 Å². The summed E-state index contributed by atoms with van der Waals surface area (Å²) in [5.74, 6) is 1.30. The lowest BCUT2D eigenvalue weighted by Gasteiger charge is -2.14. The van der Waals surface area contributed by atoms with Gasteiger partial charge in [-0.1, -0.05) is 59.8 Å². The predicted octanol–water partition coefficient (Wildman–Crippen LogP) is 4.87. The summed E-state index contributed by atoms with van der Waals surface area (Å²) in [6, 6.07) is 8.28. The van der Waals surface area contributed by atoms with Crippen LogP contribution >= 0.6 is 15.9 Å². The summed E-state index contributed by atoms with van der Waals surface area (Å²) in [5, 5.41) is 4.76. The van der Waals surface area contributed by atoms with Crippen molar-refractivity contribution in [1.82, 2.24) is 9.78 Å². The molecule has 0 atom stereocenters. The Morgan fingerprint density at radius 1 is 1.14 bits per heavy atom. The number of rotatable bonds is 2. The number of hydrogen-bond donors (Lipinski definition) is 1. The Balaban J connectivity index is 2.09. The van der Waals surface area contributed by atoms with E-state index in [-0.39, 0.29) is 0 Å². The van der Waals surface area contributed by atoms with Gasteiger partial charge in [-0.05, 0) is 18.9 Å². The van der Waals surface area contributed by atoms with Gasteiger partial charge in [-0.15, -0.1) is 0 Å². The van der Waals surface area contributed by atoms with E-state index in [0.29, 0.717) is 5.92 Å². The van der Waals surface area contributed by atoms with E-state index >= 15 is 0 Å². The summed E-state index contributed by atoms with van der Waals surface area (Å²) in [4.78, 5) is 0. The average Bonchev–Trinajstić information content (AvgIpc) is 2.70. The fourth-order valence-electron chi connectivity index (χ4n) is 3.34. The van der Waals surface area contributed by atoms with Gasteiger partial charge in [-0.3, -0.25) is 4.68 Å². The van der Waals surface area contributed by atoms with Gasteiger partial charge >= 0.3 is 0 Å². The molecule has 21 heavy (non-hydrogen) atoms. The van der Waals surface area contributed by atoms with Crippen molar-refractivity contribution in [2.75, 3.05) is 5.73 Å². The SMILES string of the molecule is Cn1nc(C2CCCCCC2)c(-c2ccccc2Br)c1N. The lowest BCUT2D eigenvalue weighted by molar-refractivity contribution is 0.567. The number of nitrogens with two attached hydrogens (primary N) is 1. The van der Waals surface area contributed by atoms with Crippen molar-refractivity contribution in [3.05, 3.63) is 34.4 Å². The summed E-state index contributed by atoms with van der Waals surface area (Å²) in [5.41, 5.74) is 9.79. The van der Waals surface area contributed by atoms with Gasteiger partial charge < -0.3 is 5.73 Å². The Kier molecular flexibility index (Phi) is 4.34. The van der Waals surface area contributed by atoms with Gasteiger partial charge in [0.15, 0.2) is 0 Å². The number of benzene rings is 1. The monoisotopic (exact) mass is 347 g/mol. The molecule has 1 fully saturated rings. The molecular weight excluding hydrogens is 326 g/mol. The lowest BCUT2D eigenvalue weighted by atomic mass is 9.91. The van der Waals surface area contributed by atoms with E-state index in [1.54, 1.807) is 0 Å². The molecule has 1 aromatic heterocycles. The molecule has 0 unspecified atom stereocenters. The maximum Gasteiger partial charge on any atom is 0.129 e. The molecule has 112 valence electrons. The third-order valence-corrected chi connectivity index (χ3v) is 5.20. The second-order valence-corrected chi connectivity index (χ2v) is 6.79. The average molecular weight is 348 g/mol. The number of halogens is 1. The molecule has 1 heterocycles. The first-order chi connectivity index (χ1) is 10.2. The highest BCUT2D eigenvalue weighted by atomic mass is 79.9. The summed E-state index contributed by atoms with van der Waals surface area (Å²) in [7, 11) is 1.94. The molecule has 0 amide bonds. The van der Waals surface area contributed by atoms with E-state index in [1.165, 1.54) is 44.2 Å². The van der Waals surface area contributed by atoms with Crippen LogP contribution in [0.3, 0.4) is 0 Å². The maximum atomic E-state index is 6.33. The molecule has 2 aromatic rings. The lowest BCUT2D eigenvalue weighted by Crippen LogP contribution is -2.01. The molecule has 4 heteroatoms. The quantitative estimate of drug-likeness (QED) is 0.787. The van der Waals surface area contributed by atoms with Gasteiger partial charge in [-0.25, -0.2) is 0 Å². The van der Waals surface area contributed by atoms with Crippen molar-refractivity contribution in [3.8, 4) is 11.1 Å². The summed E-state index contributed by atoms with van der Waals surface area (Å²) >= 11 is 3.66. The predicted molar refractivity (Wildman–Crippen MR) is 91.2 cm³/mol. The van der Waals surface area contributed by atoms with Crippen LogP contribution < -0.4 is 5.73 Å². The Morgan fingerprint density at radius 3 is 2.48 bits per heavy atom. The molecule has 0 saturated heterocycles. The zero-order valence-corrected chi connectivity index (χ0v) is 14.1. The first kappa shape index (κ1) is 14.6. The standard InChI is InChI=1S/C17H22BrN3/c1-21-17(19)15(13-10-6-7-11-14(13)18)16(20-21)12-8-4-2-3-5-9-12/h6-7,10-12H,2-5,8-9,19H2,1H3. The highest BCUT2D eigenvalue weighted by molar-refractivity contribution is 9.10. The van der Waals surface area contributed by atoms with E-state index in [0.717, 1.165) is 21.4 Å². The van der Waals surface area contributed by atoms with Crippen LogP contribution in [0.2, 0.25) is 0 Å². The molecule has 3 nitrogen and oxygen atoms in total. The van der Waals surface area contributed by atoms with Crippen molar-refractivity contribution in [3.63, 3.8) is 0 Å². The first-order valence-corrected chi connectivity index (χ1v) is 8.55. The van der Waals surface area contributed by atoms with Crippen molar-refractivity contribution < 1.29 is 0 Å². The van der Waals surface area contributed by atoms with Crippen LogP contribution in [0.5, 0.6) is 0 Å². The smallest absolute Gasteiger partial charge is 0.129 e. The molecule has 0 radical (unpaired) electrons. The maximum absolute atomic E-state index is 6.33. The van der Waals surface area contributed by atoms with Gasteiger partial charge in [-0.2, -0.15) is 5.10 Å². The zero-order valence-electron chi connectivity index (χ0n) is 12.5. The molecule has 3 rings (SSSR count). The van der Waals surface area contributed by atoms with E-state index < -0.39 is 0 Å².